The molecular weight excluding hydrogens is 248 g/mol. The number of hydrogen-bond donors (Lipinski definition) is 3. The molecule has 0 aliphatic heterocycles. The highest BCUT2D eigenvalue weighted by Crippen LogP contribution is 2.06. The Morgan fingerprint density at radius 3 is 2.53 bits per heavy atom. The smallest absolute Gasteiger partial charge is 0.236 e. The summed E-state index contributed by atoms with van der Waals surface area (Å²) < 4.78 is 10.3. The number of amides is 1. The first-order valence-electron chi connectivity index (χ1n) is 6.58. The SMILES string of the molecule is COCCNC(=O)C(C)NCC(O)COC(C)(C)C. The Kier molecular flexibility index (Phi) is 8.92. The second-order valence-electron chi connectivity index (χ2n) is 5.49. The minimum Gasteiger partial charge on any atom is -0.389 e. The molecule has 6 nitrogen and oxygen atoms in total. The maximum Gasteiger partial charge on any atom is 0.236 e. The Bertz CT molecular complexity index is 254. The minimum absolute atomic E-state index is 0.110. The molecule has 0 aromatic carbocycles. The lowest BCUT2D eigenvalue weighted by Crippen LogP contribution is -2.46. The molecule has 3 N–H and O–H groups in total. The number of aliphatic hydroxyl groups is 1. The molecule has 0 rings (SSSR count). The van der Waals surface area contributed by atoms with Gasteiger partial charge in [0.05, 0.1) is 31.0 Å². The molecule has 1 amide bonds. The summed E-state index contributed by atoms with van der Waals surface area (Å²) in [5, 5.41) is 15.4. The summed E-state index contributed by atoms with van der Waals surface area (Å²) in [4.78, 5) is 11.6. The average Bonchev–Trinajstić information content (AvgIpc) is 2.32. The third-order valence-corrected chi connectivity index (χ3v) is 2.37. The zero-order valence-corrected chi connectivity index (χ0v) is 12.7. The highest BCUT2D eigenvalue weighted by molar-refractivity contribution is 5.81. The predicted octanol–water partition coefficient (Wildman–Crippen LogP) is -0.0969. The van der Waals surface area contributed by atoms with Crippen LogP contribution in [0.1, 0.15) is 27.7 Å². The van der Waals surface area contributed by atoms with Gasteiger partial charge < -0.3 is 25.2 Å². The molecular formula is C13H28N2O4. The fourth-order valence-corrected chi connectivity index (χ4v) is 1.24. The lowest BCUT2D eigenvalue weighted by molar-refractivity contribution is -0.123. The summed E-state index contributed by atoms with van der Waals surface area (Å²) in [5.41, 5.74) is -0.274. The summed E-state index contributed by atoms with van der Waals surface area (Å²) in [5.74, 6) is -0.110. The van der Waals surface area contributed by atoms with Crippen LogP contribution >= 0.6 is 0 Å². The maximum absolute atomic E-state index is 11.6. The molecule has 0 fully saturated rings. The van der Waals surface area contributed by atoms with E-state index in [9.17, 15) is 9.90 Å². The monoisotopic (exact) mass is 276 g/mol. The molecule has 0 aliphatic rings. The van der Waals surface area contributed by atoms with Crippen molar-refractivity contribution in [3.8, 4) is 0 Å². The second kappa shape index (κ2) is 9.25. The lowest BCUT2D eigenvalue weighted by atomic mass is 10.2. The van der Waals surface area contributed by atoms with Crippen molar-refractivity contribution in [1.82, 2.24) is 10.6 Å². The Hall–Kier alpha value is -0.690. The molecule has 6 heteroatoms. The van der Waals surface area contributed by atoms with Crippen LogP contribution in [0.25, 0.3) is 0 Å². The number of carbonyl (C=O) groups is 1. The third-order valence-electron chi connectivity index (χ3n) is 2.37. The van der Waals surface area contributed by atoms with Gasteiger partial charge in [-0.15, -0.1) is 0 Å². The second-order valence-corrected chi connectivity index (χ2v) is 5.49. The minimum atomic E-state index is -0.631. The van der Waals surface area contributed by atoms with Crippen LogP contribution in [-0.2, 0) is 14.3 Å². The fraction of sp³-hybridized carbons (Fsp3) is 0.923. The van der Waals surface area contributed by atoms with E-state index in [1.54, 1.807) is 14.0 Å². The van der Waals surface area contributed by atoms with E-state index in [2.05, 4.69) is 10.6 Å². The molecule has 2 atom stereocenters. The Labute approximate surface area is 115 Å². The van der Waals surface area contributed by atoms with E-state index in [4.69, 9.17) is 9.47 Å². The summed E-state index contributed by atoms with van der Waals surface area (Å²) in [6.45, 7) is 9.07. The van der Waals surface area contributed by atoms with Gasteiger partial charge >= 0.3 is 0 Å². The molecule has 114 valence electrons. The first-order chi connectivity index (χ1) is 8.76. The van der Waals surface area contributed by atoms with Gasteiger partial charge in [-0.3, -0.25) is 4.79 Å². The summed E-state index contributed by atoms with van der Waals surface area (Å²) in [6.07, 6.45) is -0.631. The topological polar surface area (TPSA) is 79.8 Å². The van der Waals surface area contributed by atoms with Crippen molar-refractivity contribution in [3.05, 3.63) is 0 Å². The molecule has 0 spiro atoms. The standard InChI is InChI=1S/C13H28N2O4/c1-10(12(17)14-6-7-18-5)15-8-11(16)9-19-13(2,3)4/h10-11,15-16H,6-9H2,1-5H3,(H,14,17). The van der Waals surface area contributed by atoms with Crippen LogP contribution in [0.3, 0.4) is 0 Å². The molecule has 0 aromatic rings. The summed E-state index contributed by atoms with van der Waals surface area (Å²) in [7, 11) is 1.58. The first-order valence-corrected chi connectivity index (χ1v) is 6.58. The van der Waals surface area contributed by atoms with Gasteiger partial charge in [0.1, 0.15) is 0 Å². The molecule has 0 radical (unpaired) electrons. The average molecular weight is 276 g/mol. The third kappa shape index (κ3) is 10.9. The van der Waals surface area contributed by atoms with Crippen LogP contribution in [0.15, 0.2) is 0 Å². The van der Waals surface area contributed by atoms with Crippen LogP contribution in [0.5, 0.6) is 0 Å². The van der Waals surface area contributed by atoms with Gasteiger partial charge in [-0.05, 0) is 27.7 Å². The van der Waals surface area contributed by atoms with E-state index in [1.807, 2.05) is 20.8 Å². The van der Waals surface area contributed by atoms with Crippen molar-refractivity contribution in [2.24, 2.45) is 0 Å². The van der Waals surface area contributed by atoms with Gasteiger partial charge in [0.25, 0.3) is 0 Å². The highest BCUT2D eigenvalue weighted by Gasteiger charge is 2.16. The fourth-order valence-electron chi connectivity index (χ4n) is 1.24. The van der Waals surface area contributed by atoms with E-state index in [0.29, 0.717) is 19.7 Å². The Balaban J connectivity index is 3.76. The van der Waals surface area contributed by atoms with Crippen molar-refractivity contribution >= 4 is 5.91 Å². The molecule has 0 bridgehead atoms. The van der Waals surface area contributed by atoms with Gasteiger partial charge in [-0.25, -0.2) is 0 Å². The van der Waals surface area contributed by atoms with E-state index in [1.165, 1.54) is 0 Å². The van der Waals surface area contributed by atoms with Crippen molar-refractivity contribution in [3.63, 3.8) is 0 Å². The number of hydrogen-bond acceptors (Lipinski definition) is 5. The molecule has 0 saturated carbocycles. The number of methoxy groups -OCH3 is 1. The molecule has 0 aliphatic carbocycles. The maximum atomic E-state index is 11.6. The quantitative estimate of drug-likeness (QED) is 0.513. The Morgan fingerprint density at radius 1 is 1.37 bits per heavy atom. The van der Waals surface area contributed by atoms with Gasteiger partial charge in [0.15, 0.2) is 0 Å². The lowest BCUT2D eigenvalue weighted by Gasteiger charge is -2.23. The van der Waals surface area contributed by atoms with Gasteiger partial charge in [0.2, 0.25) is 5.91 Å². The van der Waals surface area contributed by atoms with Crippen LogP contribution in [-0.4, -0.2) is 62.2 Å². The van der Waals surface area contributed by atoms with Crippen molar-refractivity contribution in [1.29, 1.82) is 0 Å². The number of carbonyl (C=O) groups excluding carboxylic acids is 1. The summed E-state index contributed by atoms with van der Waals surface area (Å²) in [6, 6.07) is -0.360. The van der Waals surface area contributed by atoms with E-state index in [0.717, 1.165) is 0 Å². The van der Waals surface area contributed by atoms with Crippen LogP contribution in [0, 0.1) is 0 Å². The normalized spacial score (nSPS) is 15.1. The zero-order valence-electron chi connectivity index (χ0n) is 12.7. The largest absolute Gasteiger partial charge is 0.389 e. The molecule has 0 heterocycles. The molecule has 0 saturated heterocycles. The van der Waals surface area contributed by atoms with Crippen LogP contribution in [0.4, 0.5) is 0 Å². The molecule has 0 aromatic heterocycles. The molecule has 2 unspecified atom stereocenters. The van der Waals surface area contributed by atoms with Gasteiger partial charge in [-0.1, -0.05) is 0 Å². The van der Waals surface area contributed by atoms with E-state index in [-0.39, 0.29) is 24.2 Å². The first kappa shape index (κ1) is 18.3. The van der Waals surface area contributed by atoms with Gasteiger partial charge in [-0.2, -0.15) is 0 Å². The van der Waals surface area contributed by atoms with E-state index >= 15 is 0 Å². The molecule has 19 heavy (non-hydrogen) atoms. The number of ether oxygens (including phenoxy) is 2. The van der Waals surface area contributed by atoms with Crippen LogP contribution < -0.4 is 10.6 Å². The Morgan fingerprint density at radius 2 is 2.00 bits per heavy atom. The van der Waals surface area contributed by atoms with Crippen LogP contribution in [0.2, 0.25) is 0 Å². The summed E-state index contributed by atoms with van der Waals surface area (Å²) >= 11 is 0. The van der Waals surface area contributed by atoms with Crippen molar-refractivity contribution in [2.75, 3.05) is 33.4 Å². The number of aliphatic hydroxyl groups excluding tert-OH is 1. The van der Waals surface area contributed by atoms with Gasteiger partial charge in [0, 0.05) is 20.2 Å². The van der Waals surface area contributed by atoms with E-state index < -0.39 is 6.10 Å². The highest BCUT2D eigenvalue weighted by atomic mass is 16.5. The zero-order chi connectivity index (χ0) is 14.9. The van der Waals surface area contributed by atoms with Crippen molar-refractivity contribution in [2.45, 2.75) is 45.4 Å². The van der Waals surface area contributed by atoms with Crippen molar-refractivity contribution < 1.29 is 19.4 Å². The number of rotatable bonds is 9. The number of nitrogens with one attached hydrogen (secondary N) is 2. The predicted molar refractivity (Wildman–Crippen MR) is 74.1 cm³/mol.